The molecule has 1 aromatic carbocycles. The highest BCUT2D eigenvalue weighted by Crippen LogP contribution is 2.27. The van der Waals surface area contributed by atoms with Crippen molar-refractivity contribution in [2.45, 2.75) is 13.0 Å². The molecule has 2 N–H and O–H groups in total. The summed E-state index contributed by atoms with van der Waals surface area (Å²) in [6, 6.07) is 4.80. The minimum absolute atomic E-state index is 0.136. The van der Waals surface area contributed by atoms with Crippen LogP contribution >= 0.6 is 11.6 Å². The number of hydrogen-bond acceptors (Lipinski definition) is 3. The van der Waals surface area contributed by atoms with Crippen molar-refractivity contribution in [1.82, 2.24) is 5.32 Å². The minimum Gasteiger partial charge on any atom is -0.495 e. The van der Waals surface area contributed by atoms with Gasteiger partial charge < -0.3 is 15.4 Å². The number of carbonyl (C=O) groups excluding carboxylic acids is 1. The van der Waals surface area contributed by atoms with Gasteiger partial charge in [0, 0.05) is 5.02 Å². The van der Waals surface area contributed by atoms with Crippen LogP contribution in [-0.2, 0) is 4.79 Å². The topological polar surface area (TPSA) is 50.4 Å². The second-order valence-electron chi connectivity index (χ2n) is 3.34. The zero-order valence-electron chi connectivity index (χ0n) is 9.50. The van der Waals surface area contributed by atoms with Gasteiger partial charge in [-0.05, 0) is 32.2 Å². The average molecular weight is 243 g/mol. The first-order valence-corrected chi connectivity index (χ1v) is 5.28. The number of hydrogen-bond donors (Lipinski definition) is 2. The third-order valence-corrected chi connectivity index (χ3v) is 2.48. The molecular weight excluding hydrogens is 228 g/mol. The van der Waals surface area contributed by atoms with Gasteiger partial charge in [-0.2, -0.15) is 0 Å². The van der Waals surface area contributed by atoms with E-state index in [4.69, 9.17) is 16.3 Å². The molecule has 0 spiro atoms. The Morgan fingerprint density at radius 2 is 2.19 bits per heavy atom. The molecule has 88 valence electrons. The minimum atomic E-state index is -0.274. The van der Waals surface area contributed by atoms with E-state index < -0.39 is 0 Å². The van der Waals surface area contributed by atoms with Gasteiger partial charge in [-0.25, -0.2) is 0 Å². The molecular formula is C11H15ClN2O2. The molecule has 0 fully saturated rings. The quantitative estimate of drug-likeness (QED) is 0.848. The second kappa shape index (κ2) is 5.72. The number of ether oxygens (including phenoxy) is 1. The molecule has 1 rings (SSSR count). The molecule has 0 bridgehead atoms. The smallest absolute Gasteiger partial charge is 0.241 e. The van der Waals surface area contributed by atoms with E-state index in [0.29, 0.717) is 16.5 Å². The molecule has 0 aliphatic heterocycles. The maximum absolute atomic E-state index is 11.7. The SMILES string of the molecule is CNC(C)C(=O)Nc1cc(Cl)ccc1OC. The molecule has 1 amide bonds. The van der Waals surface area contributed by atoms with Gasteiger partial charge in [0.05, 0.1) is 18.8 Å². The number of methoxy groups -OCH3 is 1. The van der Waals surface area contributed by atoms with Crippen molar-refractivity contribution in [3.8, 4) is 5.75 Å². The Hall–Kier alpha value is -1.26. The van der Waals surface area contributed by atoms with Crippen LogP contribution in [0.1, 0.15) is 6.92 Å². The van der Waals surface area contributed by atoms with Crippen LogP contribution in [0.4, 0.5) is 5.69 Å². The predicted octanol–water partition coefficient (Wildman–Crippen LogP) is 1.89. The maximum Gasteiger partial charge on any atom is 0.241 e. The van der Waals surface area contributed by atoms with E-state index in [9.17, 15) is 4.79 Å². The Balaban J connectivity index is 2.87. The van der Waals surface area contributed by atoms with Gasteiger partial charge in [0.15, 0.2) is 0 Å². The molecule has 0 aromatic heterocycles. The normalized spacial score (nSPS) is 12.0. The summed E-state index contributed by atoms with van der Waals surface area (Å²) in [4.78, 5) is 11.7. The van der Waals surface area contributed by atoms with E-state index in [-0.39, 0.29) is 11.9 Å². The Bertz CT molecular complexity index is 382. The van der Waals surface area contributed by atoms with Crippen molar-refractivity contribution in [1.29, 1.82) is 0 Å². The van der Waals surface area contributed by atoms with E-state index in [0.717, 1.165) is 0 Å². The summed E-state index contributed by atoms with van der Waals surface area (Å²) >= 11 is 5.85. The van der Waals surface area contributed by atoms with Crippen molar-refractivity contribution < 1.29 is 9.53 Å². The lowest BCUT2D eigenvalue weighted by molar-refractivity contribution is -0.117. The van der Waals surface area contributed by atoms with E-state index >= 15 is 0 Å². The number of amides is 1. The van der Waals surface area contributed by atoms with Gasteiger partial charge >= 0.3 is 0 Å². The Morgan fingerprint density at radius 1 is 1.50 bits per heavy atom. The van der Waals surface area contributed by atoms with Gasteiger partial charge in [-0.3, -0.25) is 4.79 Å². The Labute approximate surface area is 99.9 Å². The number of likely N-dealkylation sites (N-methyl/N-ethyl adjacent to an activating group) is 1. The fourth-order valence-corrected chi connectivity index (χ4v) is 1.32. The molecule has 4 nitrogen and oxygen atoms in total. The van der Waals surface area contributed by atoms with Crippen LogP contribution in [0.25, 0.3) is 0 Å². The van der Waals surface area contributed by atoms with E-state index in [1.807, 2.05) is 0 Å². The van der Waals surface area contributed by atoms with E-state index in [2.05, 4.69) is 10.6 Å². The molecule has 0 heterocycles. The van der Waals surface area contributed by atoms with Gasteiger partial charge in [0.1, 0.15) is 5.75 Å². The van der Waals surface area contributed by atoms with Crippen molar-refractivity contribution in [3.05, 3.63) is 23.2 Å². The maximum atomic E-state index is 11.7. The van der Waals surface area contributed by atoms with Crippen LogP contribution in [0.3, 0.4) is 0 Å². The predicted molar refractivity (Wildman–Crippen MR) is 65.2 cm³/mol. The fourth-order valence-electron chi connectivity index (χ4n) is 1.15. The van der Waals surface area contributed by atoms with E-state index in [1.165, 1.54) is 0 Å². The second-order valence-corrected chi connectivity index (χ2v) is 3.78. The first-order chi connectivity index (χ1) is 7.58. The molecule has 1 atom stereocenters. The number of benzene rings is 1. The van der Waals surface area contributed by atoms with E-state index in [1.54, 1.807) is 39.3 Å². The number of rotatable bonds is 4. The summed E-state index contributed by atoms with van der Waals surface area (Å²) in [5.41, 5.74) is 0.571. The summed E-state index contributed by atoms with van der Waals surface area (Å²) in [6.07, 6.45) is 0. The summed E-state index contributed by atoms with van der Waals surface area (Å²) in [6.45, 7) is 1.77. The number of nitrogens with one attached hydrogen (secondary N) is 2. The average Bonchev–Trinajstić information content (AvgIpc) is 2.28. The summed E-state index contributed by atoms with van der Waals surface area (Å²) in [5, 5.41) is 6.14. The molecule has 0 aliphatic carbocycles. The third kappa shape index (κ3) is 3.12. The highest BCUT2D eigenvalue weighted by Gasteiger charge is 2.13. The number of halogens is 1. The van der Waals surface area contributed by atoms with Crippen LogP contribution in [0.2, 0.25) is 5.02 Å². The van der Waals surface area contributed by atoms with Crippen LogP contribution in [0.5, 0.6) is 5.75 Å². The number of carbonyl (C=O) groups is 1. The lowest BCUT2D eigenvalue weighted by Crippen LogP contribution is -2.35. The van der Waals surface area contributed by atoms with Gasteiger partial charge in [0.25, 0.3) is 0 Å². The molecule has 16 heavy (non-hydrogen) atoms. The summed E-state index contributed by atoms with van der Waals surface area (Å²) in [7, 11) is 3.26. The molecule has 0 radical (unpaired) electrons. The highest BCUT2D eigenvalue weighted by molar-refractivity contribution is 6.31. The first-order valence-electron chi connectivity index (χ1n) is 4.90. The Morgan fingerprint density at radius 3 is 2.75 bits per heavy atom. The van der Waals surface area contributed by atoms with Crippen molar-refractivity contribution >= 4 is 23.2 Å². The molecule has 0 saturated heterocycles. The largest absolute Gasteiger partial charge is 0.495 e. The monoisotopic (exact) mass is 242 g/mol. The molecule has 1 unspecified atom stereocenters. The molecule has 0 saturated carbocycles. The first kappa shape index (κ1) is 12.8. The van der Waals surface area contributed by atoms with Gasteiger partial charge in [0.2, 0.25) is 5.91 Å². The molecule has 0 aliphatic rings. The summed E-state index contributed by atoms with van der Waals surface area (Å²) in [5.74, 6) is 0.448. The number of anilines is 1. The highest BCUT2D eigenvalue weighted by atomic mass is 35.5. The van der Waals surface area contributed by atoms with Crippen LogP contribution in [-0.4, -0.2) is 26.1 Å². The van der Waals surface area contributed by atoms with Crippen molar-refractivity contribution in [2.75, 3.05) is 19.5 Å². The third-order valence-electron chi connectivity index (χ3n) is 2.25. The zero-order valence-corrected chi connectivity index (χ0v) is 10.3. The van der Waals surface area contributed by atoms with Crippen LogP contribution in [0.15, 0.2) is 18.2 Å². The molecule has 1 aromatic rings. The zero-order chi connectivity index (χ0) is 12.1. The fraction of sp³-hybridized carbons (Fsp3) is 0.364. The van der Waals surface area contributed by atoms with Gasteiger partial charge in [-0.15, -0.1) is 0 Å². The lowest BCUT2D eigenvalue weighted by atomic mass is 10.2. The van der Waals surface area contributed by atoms with Crippen LogP contribution in [0, 0.1) is 0 Å². The van der Waals surface area contributed by atoms with Crippen molar-refractivity contribution in [2.24, 2.45) is 0 Å². The standard InChI is InChI=1S/C11H15ClN2O2/c1-7(13-2)11(15)14-9-6-8(12)4-5-10(9)16-3/h4-7,13H,1-3H3,(H,14,15). The Kier molecular flexibility index (Phi) is 4.58. The lowest BCUT2D eigenvalue weighted by Gasteiger charge is -2.13. The summed E-state index contributed by atoms with van der Waals surface area (Å²) < 4.78 is 5.12. The van der Waals surface area contributed by atoms with Crippen molar-refractivity contribution in [3.63, 3.8) is 0 Å². The van der Waals surface area contributed by atoms with Crippen LogP contribution < -0.4 is 15.4 Å². The van der Waals surface area contributed by atoms with Gasteiger partial charge in [-0.1, -0.05) is 11.6 Å². The molecule has 5 heteroatoms.